The SMILES string of the molecule is CNS(=O)(=O)c1cc(C(=O)N2CCNC[C@H]2C)c(C)o1. The first kappa shape index (κ1) is 15.0. The highest BCUT2D eigenvalue weighted by Crippen LogP contribution is 2.21. The smallest absolute Gasteiger partial charge is 0.273 e. The van der Waals surface area contributed by atoms with Crippen molar-refractivity contribution in [3.8, 4) is 0 Å². The number of aryl methyl sites for hydroxylation is 1. The molecule has 0 aromatic carbocycles. The number of rotatable bonds is 3. The van der Waals surface area contributed by atoms with Crippen molar-refractivity contribution in [3.05, 3.63) is 17.4 Å². The molecule has 1 aliphatic rings. The van der Waals surface area contributed by atoms with Gasteiger partial charge in [0, 0.05) is 31.7 Å². The predicted octanol–water partition coefficient (Wildman–Crippen LogP) is -0.0700. The van der Waals surface area contributed by atoms with Gasteiger partial charge in [0.15, 0.2) is 0 Å². The van der Waals surface area contributed by atoms with Gasteiger partial charge in [-0.15, -0.1) is 0 Å². The molecule has 0 spiro atoms. The number of carbonyl (C=O) groups is 1. The van der Waals surface area contributed by atoms with Crippen LogP contribution in [0.1, 0.15) is 23.0 Å². The van der Waals surface area contributed by atoms with Gasteiger partial charge in [-0.05, 0) is 20.9 Å². The number of nitrogens with zero attached hydrogens (tertiary/aromatic N) is 1. The Balaban J connectivity index is 2.31. The topological polar surface area (TPSA) is 91.7 Å². The van der Waals surface area contributed by atoms with Crippen molar-refractivity contribution in [1.29, 1.82) is 0 Å². The van der Waals surface area contributed by atoms with Gasteiger partial charge in [0.25, 0.3) is 15.9 Å². The van der Waals surface area contributed by atoms with Crippen LogP contribution in [0.2, 0.25) is 0 Å². The highest BCUT2D eigenvalue weighted by atomic mass is 32.2. The van der Waals surface area contributed by atoms with E-state index in [0.717, 1.165) is 13.1 Å². The van der Waals surface area contributed by atoms with E-state index >= 15 is 0 Å². The molecule has 112 valence electrons. The number of hydrogen-bond acceptors (Lipinski definition) is 5. The summed E-state index contributed by atoms with van der Waals surface area (Å²) in [4.78, 5) is 14.2. The minimum Gasteiger partial charge on any atom is -0.448 e. The molecule has 0 bridgehead atoms. The molecule has 20 heavy (non-hydrogen) atoms. The van der Waals surface area contributed by atoms with Crippen LogP contribution in [0, 0.1) is 6.92 Å². The van der Waals surface area contributed by atoms with Crippen LogP contribution >= 0.6 is 0 Å². The zero-order valence-corrected chi connectivity index (χ0v) is 12.6. The van der Waals surface area contributed by atoms with Crippen LogP contribution in [0.3, 0.4) is 0 Å². The summed E-state index contributed by atoms with van der Waals surface area (Å²) >= 11 is 0. The predicted molar refractivity (Wildman–Crippen MR) is 73.1 cm³/mol. The molecule has 1 amide bonds. The van der Waals surface area contributed by atoms with Crippen LogP contribution in [0.25, 0.3) is 0 Å². The minimum absolute atomic E-state index is 0.0647. The third-order valence-electron chi connectivity index (χ3n) is 3.42. The van der Waals surface area contributed by atoms with E-state index in [9.17, 15) is 13.2 Å². The average Bonchev–Trinajstić information content (AvgIpc) is 2.81. The lowest BCUT2D eigenvalue weighted by Gasteiger charge is -2.33. The number of carbonyl (C=O) groups excluding carboxylic acids is 1. The summed E-state index contributed by atoms with van der Waals surface area (Å²) in [7, 11) is -2.38. The van der Waals surface area contributed by atoms with E-state index in [2.05, 4.69) is 10.0 Å². The second-order valence-corrected chi connectivity index (χ2v) is 6.61. The Labute approximate surface area is 118 Å². The first-order valence-corrected chi connectivity index (χ1v) is 7.91. The van der Waals surface area contributed by atoms with Crippen molar-refractivity contribution in [1.82, 2.24) is 14.9 Å². The Morgan fingerprint density at radius 2 is 2.25 bits per heavy atom. The molecule has 2 N–H and O–H groups in total. The molecule has 8 heteroatoms. The van der Waals surface area contributed by atoms with Gasteiger partial charge < -0.3 is 14.6 Å². The van der Waals surface area contributed by atoms with E-state index in [1.54, 1.807) is 11.8 Å². The third-order valence-corrected chi connectivity index (χ3v) is 4.69. The zero-order valence-electron chi connectivity index (χ0n) is 11.8. The quantitative estimate of drug-likeness (QED) is 0.815. The Morgan fingerprint density at radius 3 is 2.85 bits per heavy atom. The number of sulfonamides is 1. The maximum absolute atomic E-state index is 12.5. The van der Waals surface area contributed by atoms with E-state index in [4.69, 9.17) is 4.42 Å². The van der Waals surface area contributed by atoms with E-state index in [1.165, 1.54) is 13.1 Å². The van der Waals surface area contributed by atoms with Crippen molar-refractivity contribution in [2.75, 3.05) is 26.7 Å². The lowest BCUT2D eigenvalue weighted by molar-refractivity contribution is 0.0654. The minimum atomic E-state index is -3.68. The molecule has 7 nitrogen and oxygen atoms in total. The molecule has 2 rings (SSSR count). The van der Waals surface area contributed by atoms with Gasteiger partial charge in [-0.2, -0.15) is 0 Å². The second kappa shape index (κ2) is 5.55. The fourth-order valence-corrected chi connectivity index (χ4v) is 2.91. The molecule has 1 saturated heterocycles. The van der Waals surface area contributed by atoms with Crippen LogP contribution in [-0.4, -0.2) is 51.9 Å². The van der Waals surface area contributed by atoms with Gasteiger partial charge in [-0.3, -0.25) is 4.79 Å². The number of nitrogens with one attached hydrogen (secondary N) is 2. The Hall–Kier alpha value is -1.38. The van der Waals surface area contributed by atoms with Gasteiger partial charge >= 0.3 is 0 Å². The summed E-state index contributed by atoms with van der Waals surface area (Å²) in [5, 5.41) is 2.97. The lowest BCUT2D eigenvalue weighted by Crippen LogP contribution is -2.52. The van der Waals surface area contributed by atoms with Crippen molar-refractivity contribution in [2.45, 2.75) is 25.0 Å². The lowest BCUT2D eigenvalue weighted by atomic mass is 10.1. The van der Waals surface area contributed by atoms with Crippen LogP contribution in [0.5, 0.6) is 0 Å². The molecular weight excluding hydrogens is 282 g/mol. The van der Waals surface area contributed by atoms with Crippen molar-refractivity contribution in [2.24, 2.45) is 0 Å². The van der Waals surface area contributed by atoms with E-state index < -0.39 is 10.0 Å². The van der Waals surface area contributed by atoms with Gasteiger partial charge in [0.05, 0.1) is 5.56 Å². The summed E-state index contributed by atoms with van der Waals surface area (Å²) in [5.74, 6) is 0.118. The summed E-state index contributed by atoms with van der Waals surface area (Å²) in [6, 6.07) is 1.35. The van der Waals surface area contributed by atoms with Gasteiger partial charge in [0.2, 0.25) is 5.09 Å². The fourth-order valence-electron chi connectivity index (χ4n) is 2.20. The monoisotopic (exact) mass is 301 g/mol. The molecule has 0 radical (unpaired) electrons. The van der Waals surface area contributed by atoms with Crippen molar-refractivity contribution in [3.63, 3.8) is 0 Å². The molecule has 1 aromatic heterocycles. The van der Waals surface area contributed by atoms with Crippen LogP contribution in [-0.2, 0) is 10.0 Å². The molecule has 0 aliphatic carbocycles. The first-order valence-electron chi connectivity index (χ1n) is 6.42. The number of hydrogen-bond donors (Lipinski definition) is 2. The van der Waals surface area contributed by atoms with Gasteiger partial charge in [-0.25, -0.2) is 13.1 Å². The molecule has 1 aromatic rings. The maximum atomic E-state index is 12.5. The van der Waals surface area contributed by atoms with E-state index in [0.29, 0.717) is 17.9 Å². The summed E-state index contributed by atoms with van der Waals surface area (Å²) in [6.07, 6.45) is 0. The van der Waals surface area contributed by atoms with Crippen LogP contribution in [0.4, 0.5) is 0 Å². The Morgan fingerprint density at radius 1 is 1.55 bits per heavy atom. The summed E-state index contributed by atoms with van der Waals surface area (Å²) in [5.41, 5.74) is 0.299. The van der Waals surface area contributed by atoms with Crippen LogP contribution in [0.15, 0.2) is 15.6 Å². The van der Waals surface area contributed by atoms with Crippen molar-refractivity contribution < 1.29 is 17.6 Å². The standard InChI is InChI=1S/C12H19N3O4S/c1-8-7-14-4-5-15(8)12(16)10-6-11(19-9(10)2)20(17,18)13-3/h6,8,13-14H,4-5,7H2,1-3H3/t8-/m1/s1. The van der Waals surface area contributed by atoms with Crippen molar-refractivity contribution >= 4 is 15.9 Å². The van der Waals surface area contributed by atoms with Gasteiger partial charge in [0.1, 0.15) is 5.76 Å². The Kier molecular flexibility index (Phi) is 4.17. The number of piperazine rings is 1. The highest BCUT2D eigenvalue weighted by Gasteiger charge is 2.29. The maximum Gasteiger partial charge on any atom is 0.273 e. The third kappa shape index (κ3) is 2.72. The molecule has 0 unspecified atom stereocenters. The summed E-state index contributed by atoms with van der Waals surface area (Å²) in [6.45, 7) is 5.59. The molecule has 1 atom stereocenters. The summed E-state index contributed by atoms with van der Waals surface area (Å²) < 4.78 is 30.8. The van der Waals surface area contributed by atoms with E-state index in [1.807, 2.05) is 6.92 Å². The molecule has 1 fully saturated rings. The Bertz CT molecular complexity index is 608. The molecule has 1 aliphatic heterocycles. The molecular formula is C12H19N3O4S. The largest absolute Gasteiger partial charge is 0.448 e. The highest BCUT2D eigenvalue weighted by molar-refractivity contribution is 7.89. The van der Waals surface area contributed by atoms with E-state index in [-0.39, 0.29) is 17.0 Å². The van der Waals surface area contributed by atoms with Crippen LogP contribution < -0.4 is 10.0 Å². The fraction of sp³-hybridized carbons (Fsp3) is 0.583. The second-order valence-electron chi connectivity index (χ2n) is 4.79. The number of amides is 1. The molecule has 2 heterocycles. The normalized spacial score (nSPS) is 20.1. The average molecular weight is 301 g/mol. The molecule has 0 saturated carbocycles. The first-order chi connectivity index (χ1) is 9.36. The number of furan rings is 1. The van der Waals surface area contributed by atoms with Gasteiger partial charge in [-0.1, -0.05) is 0 Å². The zero-order chi connectivity index (χ0) is 14.9.